The van der Waals surface area contributed by atoms with Crippen LogP contribution in [0.2, 0.25) is 10.0 Å². The van der Waals surface area contributed by atoms with Gasteiger partial charge < -0.3 is 11.1 Å². The minimum atomic E-state index is -4.63. The number of halogens is 5. The van der Waals surface area contributed by atoms with Crippen LogP contribution in [0, 0.1) is 0 Å². The maximum absolute atomic E-state index is 13.5. The van der Waals surface area contributed by atoms with Gasteiger partial charge >= 0.3 is 6.18 Å². The zero-order valence-corrected chi connectivity index (χ0v) is 19.2. The smallest absolute Gasteiger partial charge is 0.364 e. The number of carbonyl (C=O) groups is 1. The highest BCUT2D eigenvalue weighted by molar-refractivity contribution is 6.37. The Morgan fingerprint density at radius 3 is 2.33 bits per heavy atom. The predicted octanol–water partition coefficient (Wildman–Crippen LogP) is 4.54. The fourth-order valence-electron chi connectivity index (χ4n) is 3.40. The van der Waals surface area contributed by atoms with E-state index >= 15 is 0 Å². The summed E-state index contributed by atoms with van der Waals surface area (Å²) in [5.74, 6) is -0.979. The molecule has 0 saturated heterocycles. The van der Waals surface area contributed by atoms with Crippen LogP contribution < -0.4 is 11.1 Å². The van der Waals surface area contributed by atoms with Gasteiger partial charge in [-0.25, -0.2) is 0 Å². The second-order valence-electron chi connectivity index (χ2n) is 7.30. The number of aromatic nitrogens is 7. The molecule has 36 heavy (non-hydrogen) atoms. The number of para-hydroxylation sites is 1. The Labute approximate surface area is 209 Å². The van der Waals surface area contributed by atoms with Crippen molar-refractivity contribution in [3.05, 3.63) is 76.2 Å². The summed E-state index contributed by atoms with van der Waals surface area (Å²) in [5, 5.41) is 19.3. The highest BCUT2D eigenvalue weighted by atomic mass is 35.5. The van der Waals surface area contributed by atoms with Gasteiger partial charge in [0.2, 0.25) is 0 Å². The largest absolute Gasteiger partial charge is 0.431 e. The molecule has 10 nitrogen and oxygen atoms in total. The highest BCUT2D eigenvalue weighted by Crippen LogP contribution is 2.32. The average Bonchev–Trinajstić information content (AvgIpc) is 3.43. The molecule has 0 aliphatic carbocycles. The van der Waals surface area contributed by atoms with Crippen molar-refractivity contribution in [2.75, 3.05) is 5.32 Å². The summed E-state index contributed by atoms with van der Waals surface area (Å²) in [6.45, 7) is 0. The van der Waals surface area contributed by atoms with Gasteiger partial charge in [-0.2, -0.15) is 13.2 Å². The van der Waals surface area contributed by atoms with Crippen LogP contribution in [0.1, 0.15) is 16.2 Å². The van der Waals surface area contributed by atoms with Gasteiger partial charge in [0.1, 0.15) is 17.1 Å². The number of primary amides is 1. The minimum Gasteiger partial charge on any atom is -0.364 e. The number of hydrogen-bond acceptors (Lipinski definition) is 7. The Balaban J connectivity index is 1.49. The Morgan fingerprint density at radius 2 is 1.69 bits per heavy atom. The number of amides is 1. The molecule has 0 spiro atoms. The molecule has 15 heteroatoms. The van der Waals surface area contributed by atoms with Gasteiger partial charge in [0, 0.05) is 0 Å². The number of nitrogens with two attached hydrogens (primary N) is 1. The first-order valence-corrected chi connectivity index (χ1v) is 10.8. The Hall–Kier alpha value is -4.23. The molecule has 4 heterocycles. The molecule has 1 aromatic carbocycles. The van der Waals surface area contributed by atoms with E-state index in [1.807, 2.05) is 0 Å². The van der Waals surface area contributed by atoms with Crippen LogP contribution in [-0.4, -0.2) is 40.5 Å². The molecule has 0 aliphatic heterocycles. The lowest BCUT2D eigenvalue weighted by atomic mass is 10.3. The van der Waals surface area contributed by atoms with E-state index in [0.29, 0.717) is 5.69 Å². The third-order valence-corrected chi connectivity index (χ3v) is 5.57. The third kappa shape index (κ3) is 4.18. The van der Waals surface area contributed by atoms with Crippen LogP contribution in [0.25, 0.3) is 22.9 Å². The zero-order valence-electron chi connectivity index (χ0n) is 17.7. The van der Waals surface area contributed by atoms with E-state index < -0.39 is 17.8 Å². The third-order valence-electron chi connectivity index (χ3n) is 4.96. The lowest BCUT2D eigenvalue weighted by Gasteiger charge is -2.10. The van der Waals surface area contributed by atoms with E-state index in [0.717, 1.165) is 15.3 Å². The maximum Gasteiger partial charge on any atom is 0.431 e. The molecule has 0 fully saturated rings. The van der Waals surface area contributed by atoms with E-state index in [4.69, 9.17) is 28.9 Å². The van der Waals surface area contributed by atoms with Gasteiger partial charge in [-0.3, -0.25) is 14.2 Å². The molecule has 182 valence electrons. The molecule has 0 saturated carbocycles. The Kier molecular flexibility index (Phi) is 5.73. The summed E-state index contributed by atoms with van der Waals surface area (Å²) < 4.78 is 41.4. The van der Waals surface area contributed by atoms with E-state index in [-0.39, 0.29) is 44.4 Å². The maximum atomic E-state index is 13.5. The summed E-state index contributed by atoms with van der Waals surface area (Å²) in [6, 6.07) is 11.3. The monoisotopic (exact) mass is 533 g/mol. The van der Waals surface area contributed by atoms with Crippen molar-refractivity contribution in [2.24, 2.45) is 5.73 Å². The lowest BCUT2D eigenvalue weighted by Crippen LogP contribution is -2.14. The van der Waals surface area contributed by atoms with Gasteiger partial charge in [-0.1, -0.05) is 35.3 Å². The second kappa shape index (κ2) is 8.77. The molecule has 0 bridgehead atoms. The zero-order chi connectivity index (χ0) is 25.6. The number of carbonyl (C=O) groups excluding carboxylic acids is 1. The quantitative estimate of drug-likeness (QED) is 0.339. The Morgan fingerprint density at radius 1 is 0.972 bits per heavy atom. The molecular formula is C21H12Cl2F3N9O. The van der Waals surface area contributed by atoms with Gasteiger partial charge in [0.25, 0.3) is 5.91 Å². The first kappa shape index (κ1) is 23.5. The van der Waals surface area contributed by atoms with E-state index in [1.54, 1.807) is 18.2 Å². The van der Waals surface area contributed by atoms with Crippen LogP contribution in [0.4, 0.5) is 24.7 Å². The number of pyridine rings is 2. The normalized spacial score (nSPS) is 11.7. The average molecular weight is 534 g/mol. The van der Waals surface area contributed by atoms with E-state index in [9.17, 15) is 18.0 Å². The fraction of sp³-hybridized carbons (Fsp3) is 0.0476. The summed E-state index contributed by atoms with van der Waals surface area (Å²) in [4.78, 5) is 17.2. The van der Waals surface area contributed by atoms with Crippen molar-refractivity contribution in [1.29, 1.82) is 0 Å². The molecule has 4 aromatic heterocycles. The number of alkyl halides is 3. The van der Waals surface area contributed by atoms with E-state index in [1.165, 1.54) is 30.5 Å². The van der Waals surface area contributed by atoms with Gasteiger partial charge in [0.05, 0.1) is 21.9 Å². The van der Waals surface area contributed by atoms with Crippen molar-refractivity contribution < 1.29 is 18.0 Å². The van der Waals surface area contributed by atoms with Crippen LogP contribution >= 0.6 is 23.2 Å². The van der Waals surface area contributed by atoms with Crippen LogP contribution in [0.5, 0.6) is 0 Å². The first-order chi connectivity index (χ1) is 17.1. The number of benzene rings is 1. The van der Waals surface area contributed by atoms with Gasteiger partial charge in [-0.05, 0) is 36.4 Å². The number of anilines is 2. The first-order valence-electron chi connectivity index (χ1n) is 10.00. The standard InChI is InChI=1S/C21H12Cl2F3N9O/c22-11-3-1-4-12(23)17(11)35-32-16(18(27)36)19(33-35)29-10-7-8-13(28-9-10)20-31-30-15-6-2-5-14(34(15)20)21(24,25)26/h1-9H,(H2,27,36)(H,29,33). The number of nitrogens with one attached hydrogen (secondary N) is 1. The molecule has 0 atom stereocenters. The SMILES string of the molecule is NC(=O)c1nn(-c2c(Cl)cccc2Cl)nc1Nc1ccc(-c2nnc3cccc(C(F)(F)F)n23)nc1. The van der Waals surface area contributed by atoms with Gasteiger partial charge in [0.15, 0.2) is 23.0 Å². The molecule has 5 aromatic rings. The molecule has 3 N–H and O–H groups in total. The molecule has 1 amide bonds. The van der Waals surface area contributed by atoms with Crippen LogP contribution in [-0.2, 0) is 6.18 Å². The minimum absolute atomic E-state index is 0.0136. The summed E-state index contributed by atoms with van der Waals surface area (Å²) >= 11 is 12.4. The highest BCUT2D eigenvalue weighted by Gasteiger charge is 2.34. The lowest BCUT2D eigenvalue weighted by molar-refractivity contribution is -0.141. The van der Waals surface area contributed by atoms with Gasteiger partial charge in [-0.15, -0.1) is 25.2 Å². The number of rotatable bonds is 5. The summed E-state index contributed by atoms with van der Waals surface area (Å²) in [7, 11) is 0. The molecular weight excluding hydrogens is 522 g/mol. The fourth-order valence-corrected chi connectivity index (χ4v) is 3.95. The van der Waals surface area contributed by atoms with E-state index in [2.05, 4.69) is 30.7 Å². The van der Waals surface area contributed by atoms with Crippen molar-refractivity contribution in [3.8, 4) is 17.2 Å². The van der Waals surface area contributed by atoms with Crippen LogP contribution in [0.3, 0.4) is 0 Å². The number of hydrogen-bond donors (Lipinski definition) is 2. The number of nitrogens with zero attached hydrogens (tertiary/aromatic N) is 7. The van der Waals surface area contributed by atoms with Crippen LogP contribution in [0.15, 0.2) is 54.7 Å². The van der Waals surface area contributed by atoms with Crippen molar-refractivity contribution in [1.82, 2.24) is 34.6 Å². The Bertz CT molecular complexity index is 1590. The van der Waals surface area contributed by atoms with Crippen molar-refractivity contribution in [3.63, 3.8) is 0 Å². The topological polar surface area (TPSA) is 129 Å². The van der Waals surface area contributed by atoms with Crippen molar-refractivity contribution >= 4 is 46.3 Å². The summed E-state index contributed by atoms with van der Waals surface area (Å²) in [6.07, 6.45) is -3.31. The summed E-state index contributed by atoms with van der Waals surface area (Å²) in [5.41, 5.74) is 5.02. The predicted molar refractivity (Wildman–Crippen MR) is 124 cm³/mol. The molecule has 0 radical (unpaired) electrons. The van der Waals surface area contributed by atoms with Crippen molar-refractivity contribution in [2.45, 2.75) is 6.18 Å². The second-order valence-corrected chi connectivity index (χ2v) is 8.12. The molecule has 5 rings (SSSR count). The molecule has 0 aliphatic rings. The number of fused-ring (bicyclic) bond motifs is 1. The molecule has 0 unspecified atom stereocenters.